The number of morpholine rings is 1. The number of likely N-dealkylation sites (tertiary alicyclic amines) is 1. The zero-order valence-electron chi connectivity index (χ0n) is 12.5. The molecule has 0 aliphatic carbocycles. The first-order valence-corrected chi connectivity index (χ1v) is 8.36. The van der Waals surface area contributed by atoms with Gasteiger partial charge in [0.15, 0.2) is 0 Å². The van der Waals surface area contributed by atoms with Gasteiger partial charge in [0.25, 0.3) is 0 Å². The Morgan fingerprint density at radius 1 is 1.26 bits per heavy atom. The molecular weight excluding hydrogens is 260 g/mol. The lowest BCUT2D eigenvalue weighted by molar-refractivity contribution is -0.0560. The van der Waals surface area contributed by atoms with Crippen LogP contribution in [0.3, 0.4) is 0 Å². The molecule has 2 rings (SSSR count). The van der Waals surface area contributed by atoms with Crippen LogP contribution in [0.15, 0.2) is 0 Å². The maximum Gasteiger partial charge on any atom is 0.0829 e. The second-order valence-corrected chi connectivity index (χ2v) is 6.70. The normalized spacial score (nSPS) is 30.9. The Morgan fingerprint density at radius 2 is 2.11 bits per heavy atom. The minimum absolute atomic E-state index is 0.394. The second kappa shape index (κ2) is 7.82. The van der Waals surface area contributed by atoms with Gasteiger partial charge < -0.3 is 9.64 Å². The SMILES string of the molecule is CC(C)N1CCOC(CN2CCCC(CCCl)C2)C1. The number of halogens is 1. The third-order valence-electron chi connectivity index (χ3n) is 4.48. The molecule has 0 radical (unpaired) electrons. The molecule has 0 bridgehead atoms. The van der Waals surface area contributed by atoms with E-state index in [4.69, 9.17) is 16.3 Å². The van der Waals surface area contributed by atoms with E-state index in [1.807, 2.05) is 0 Å². The number of ether oxygens (including phenoxy) is 1. The maximum atomic E-state index is 5.95. The predicted octanol–water partition coefficient (Wildman–Crippen LogP) is 2.44. The van der Waals surface area contributed by atoms with Gasteiger partial charge in [0.05, 0.1) is 12.7 Å². The minimum atomic E-state index is 0.394. The van der Waals surface area contributed by atoms with Gasteiger partial charge in [0.2, 0.25) is 0 Å². The van der Waals surface area contributed by atoms with Crippen LogP contribution in [0.2, 0.25) is 0 Å². The third kappa shape index (κ3) is 4.89. The molecule has 0 saturated carbocycles. The van der Waals surface area contributed by atoms with Crippen LogP contribution in [0.25, 0.3) is 0 Å². The van der Waals surface area contributed by atoms with Gasteiger partial charge in [-0.1, -0.05) is 0 Å². The van der Waals surface area contributed by atoms with E-state index in [9.17, 15) is 0 Å². The summed E-state index contributed by atoms with van der Waals surface area (Å²) in [6.45, 7) is 11.2. The van der Waals surface area contributed by atoms with E-state index in [-0.39, 0.29) is 0 Å². The van der Waals surface area contributed by atoms with Gasteiger partial charge in [0.1, 0.15) is 0 Å². The molecule has 0 N–H and O–H groups in total. The molecule has 112 valence electrons. The van der Waals surface area contributed by atoms with E-state index in [2.05, 4.69) is 23.6 Å². The van der Waals surface area contributed by atoms with Crippen LogP contribution in [0.4, 0.5) is 0 Å². The van der Waals surface area contributed by atoms with Crippen LogP contribution < -0.4 is 0 Å². The standard InChI is InChI=1S/C15H29ClN2O/c1-13(2)18-8-9-19-15(12-18)11-17-7-3-4-14(10-17)5-6-16/h13-15H,3-12H2,1-2H3. The van der Waals surface area contributed by atoms with Crippen molar-refractivity contribution in [1.29, 1.82) is 0 Å². The van der Waals surface area contributed by atoms with Crippen LogP contribution in [-0.4, -0.2) is 67.2 Å². The zero-order valence-corrected chi connectivity index (χ0v) is 13.2. The molecule has 2 fully saturated rings. The first kappa shape index (κ1) is 15.6. The van der Waals surface area contributed by atoms with Gasteiger partial charge >= 0.3 is 0 Å². The summed E-state index contributed by atoms with van der Waals surface area (Å²) >= 11 is 5.88. The highest BCUT2D eigenvalue weighted by Crippen LogP contribution is 2.21. The lowest BCUT2D eigenvalue weighted by atomic mass is 9.95. The van der Waals surface area contributed by atoms with Crippen molar-refractivity contribution in [2.24, 2.45) is 5.92 Å². The summed E-state index contributed by atoms with van der Waals surface area (Å²) in [4.78, 5) is 5.13. The Bertz CT molecular complexity index is 261. The fourth-order valence-electron chi connectivity index (χ4n) is 3.32. The van der Waals surface area contributed by atoms with Crippen LogP contribution in [-0.2, 0) is 4.74 Å². The van der Waals surface area contributed by atoms with Crippen LogP contribution >= 0.6 is 11.6 Å². The van der Waals surface area contributed by atoms with Crippen molar-refractivity contribution in [2.75, 3.05) is 45.2 Å². The van der Waals surface area contributed by atoms with Gasteiger partial charge in [-0.05, 0) is 45.6 Å². The molecule has 0 amide bonds. The van der Waals surface area contributed by atoms with Crippen molar-refractivity contribution < 1.29 is 4.74 Å². The fourth-order valence-corrected chi connectivity index (χ4v) is 3.63. The average molecular weight is 289 g/mol. The number of alkyl halides is 1. The Hall–Kier alpha value is 0.170. The van der Waals surface area contributed by atoms with E-state index in [0.717, 1.165) is 38.0 Å². The highest BCUT2D eigenvalue weighted by atomic mass is 35.5. The topological polar surface area (TPSA) is 15.7 Å². The molecule has 0 spiro atoms. The molecule has 2 aliphatic rings. The van der Waals surface area contributed by atoms with Crippen molar-refractivity contribution in [2.45, 2.75) is 45.3 Å². The zero-order chi connectivity index (χ0) is 13.7. The first-order chi connectivity index (χ1) is 9.19. The lowest BCUT2D eigenvalue weighted by Crippen LogP contribution is -2.51. The Morgan fingerprint density at radius 3 is 2.84 bits per heavy atom. The quantitative estimate of drug-likeness (QED) is 0.723. The van der Waals surface area contributed by atoms with Gasteiger partial charge in [0, 0.05) is 38.1 Å². The molecule has 4 heteroatoms. The van der Waals surface area contributed by atoms with Crippen molar-refractivity contribution in [3.05, 3.63) is 0 Å². The molecule has 2 unspecified atom stereocenters. The minimum Gasteiger partial charge on any atom is -0.374 e. The Labute approximate surface area is 123 Å². The van der Waals surface area contributed by atoms with E-state index in [0.29, 0.717) is 12.1 Å². The molecule has 3 nitrogen and oxygen atoms in total. The van der Waals surface area contributed by atoms with Crippen LogP contribution in [0.1, 0.15) is 33.1 Å². The summed E-state index contributed by atoms with van der Waals surface area (Å²) in [7, 11) is 0. The molecule has 0 aromatic heterocycles. The third-order valence-corrected chi connectivity index (χ3v) is 4.70. The van der Waals surface area contributed by atoms with E-state index in [1.165, 1.54) is 32.4 Å². The number of hydrogen-bond acceptors (Lipinski definition) is 3. The van der Waals surface area contributed by atoms with Gasteiger partial charge in [-0.15, -0.1) is 11.6 Å². The molecule has 2 atom stereocenters. The van der Waals surface area contributed by atoms with E-state index >= 15 is 0 Å². The van der Waals surface area contributed by atoms with Gasteiger partial charge in [-0.3, -0.25) is 4.90 Å². The number of hydrogen-bond donors (Lipinski definition) is 0. The van der Waals surface area contributed by atoms with Gasteiger partial charge in [-0.25, -0.2) is 0 Å². The lowest BCUT2D eigenvalue weighted by Gasteiger charge is -2.39. The molecule has 0 aromatic carbocycles. The van der Waals surface area contributed by atoms with Crippen molar-refractivity contribution in [3.8, 4) is 0 Å². The molecule has 19 heavy (non-hydrogen) atoms. The molecule has 2 saturated heterocycles. The van der Waals surface area contributed by atoms with Crippen LogP contribution in [0, 0.1) is 5.92 Å². The van der Waals surface area contributed by atoms with Crippen molar-refractivity contribution in [1.82, 2.24) is 9.80 Å². The fraction of sp³-hybridized carbons (Fsp3) is 1.00. The molecule has 0 aromatic rings. The molecule has 2 heterocycles. The van der Waals surface area contributed by atoms with Crippen molar-refractivity contribution in [3.63, 3.8) is 0 Å². The van der Waals surface area contributed by atoms with Crippen molar-refractivity contribution >= 4 is 11.6 Å². The average Bonchev–Trinajstić information content (AvgIpc) is 2.40. The summed E-state index contributed by atoms with van der Waals surface area (Å²) in [6.07, 6.45) is 4.24. The monoisotopic (exact) mass is 288 g/mol. The van der Waals surface area contributed by atoms with E-state index < -0.39 is 0 Å². The highest BCUT2D eigenvalue weighted by molar-refractivity contribution is 6.17. The molecular formula is C15H29ClN2O. The van der Waals surface area contributed by atoms with Gasteiger partial charge in [-0.2, -0.15) is 0 Å². The molecule has 2 aliphatic heterocycles. The first-order valence-electron chi connectivity index (χ1n) is 7.83. The van der Waals surface area contributed by atoms with E-state index in [1.54, 1.807) is 0 Å². The summed E-state index contributed by atoms with van der Waals surface area (Å²) < 4.78 is 5.95. The summed E-state index contributed by atoms with van der Waals surface area (Å²) in [5.74, 6) is 1.61. The highest BCUT2D eigenvalue weighted by Gasteiger charge is 2.26. The number of piperidine rings is 1. The summed E-state index contributed by atoms with van der Waals surface area (Å²) in [5, 5.41) is 0. The number of nitrogens with zero attached hydrogens (tertiary/aromatic N) is 2. The number of rotatable bonds is 5. The summed E-state index contributed by atoms with van der Waals surface area (Å²) in [6, 6.07) is 0.636. The summed E-state index contributed by atoms with van der Waals surface area (Å²) in [5.41, 5.74) is 0. The Balaban J connectivity index is 1.76. The predicted molar refractivity (Wildman–Crippen MR) is 81.0 cm³/mol. The Kier molecular flexibility index (Phi) is 6.40. The second-order valence-electron chi connectivity index (χ2n) is 6.33. The van der Waals surface area contributed by atoms with Crippen LogP contribution in [0.5, 0.6) is 0 Å². The maximum absolute atomic E-state index is 5.95. The smallest absolute Gasteiger partial charge is 0.0829 e. The largest absolute Gasteiger partial charge is 0.374 e.